The number of rotatable bonds is 4. The molecule has 1 aromatic carbocycles. The monoisotopic (exact) mass is 313 g/mol. The second-order valence-electron chi connectivity index (χ2n) is 4.23. The molecule has 0 aliphatic carbocycles. The Morgan fingerprint density at radius 1 is 1.27 bits per heavy atom. The molecule has 0 radical (unpaired) electrons. The van der Waals surface area contributed by atoms with E-state index in [0.29, 0.717) is 0 Å². The summed E-state index contributed by atoms with van der Waals surface area (Å²) >= 11 is 0. The smallest absolute Gasteiger partial charge is 0.404 e. The number of carbonyl (C=O) groups excluding carboxylic acids is 2. The van der Waals surface area contributed by atoms with Gasteiger partial charge in [-0.05, 0) is 12.1 Å². The molecule has 2 aromatic rings. The minimum atomic E-state index is -4.91. The Morgan fingerprint density at radius 2 is 1.95 bits per heavy atom. The lowest BCUT2D eigenvalue weighted by atomic mass is 10.2. The van der Waals surface area contributed by atoms with Crippen LogP contribution in [0, 0.1) is 0 Å². The van der Waals surface area contributed by atoms with E-state index in [2.05, 4.69) is 15.2 Å². The summed E-state index contributed by atoms with van der Waals surface area (Å²) in [6.07, 6.45) is -2.41. The lowest BCUT2D eigenvalue weighted by Crippen LogP contribution is -2.24. The minimum absolute atomic E-state index is 0.0224. The number of hydrogen-bond donors (Lipinski definition) is 1. The standard InChI is InChI=1S/C13H10F3N3O3/c1-19-7-8(6-17-19)11(20)12(21)18-9-4-2-3-5-10(9)22-13(14,15)16/h2-7H,1H3,(H,18,21). The van der Waals surface area contributed by atoms with Crippen molar-refractivity contribution in [3.8, 4) is 5.75 Å². The van der Waals surface area contributed by atoms with Gasteiger partial charge < -0.3 is 10.1 Å². The number of nitrogens with zero attached hydrogens (tertiary/aromatic N) is 2. The summed E-state index contributed by atoms with van der Waals surface area (Å²) in [5.74, 6) is -2.62. The molecule has 0 atom stereocenters. The van der Waals surface area contributed by atoms with Gasteiger partial charge in [-0.3, -0.25) is 14.3 Å². The largest absolute Gasteiger partial charge is 0.573 e. The zero-order valence-corrected chi connectivity index (χ0v) is 11.2. The third-order valence-electron chi connectivity index (χ3n) is 2.53. The molecule has 6 nitrogen and oxygen atoms in total. The van der Waals surface area contributed by atoms with Crippen molar-refractivity contribution in [3.05, 3.63) is 42.2 Å². The van der Waals surface area contributed by atoms with Crippen molar-refractivity contribution < 1.29 is 27.5 Å². The summed E-state index contributed by atoms with van der Waals surface area (Å²) in [4.78, 5) is 23.6. The molecular weight excluding hydrogens is 303 g/mol. The topological polar surface area (TPSA) is 73.2 Å². The number of benzene rings is 1. The van der Waals surface area contributed by atoms with Crippen molar-refractivity contribution in [2.45, 2.75) is 6.36 Å². The number of para-hydroxylation sites is 2. The molecule has 1 aromatic heterocycles. The number of nitrogens with one attached hydrogen (secondary N) is 1. The molecule has 0 aliphatic heterocycles. The van der Waals surface area contributed by atoms with Crippen LogP contribution in [-0.2, 0) is 11.8 Å². The number of ketones is 1. The number of halogens is 3. The number of amides is 1. The predicted molar refractivity (Wildman–Crippen MR) is 69.3 cm³/mol. The SMILES string of the molecule is Cn1cc(C(=O)C(=O)Nc2ccccc2OC(F)(F)F)cn1. The summed E-state index contributed by atoms with van der Waals surface area (Å²) < 4.78 is 41.9. The number of alkyl halides is 3. The molecule has 0 aliphatic rings. The molecule has 0 fully saturated rings. The molecule has 1 heterocycles. The maximum Gasteiger partial charge on any atom is 0.573 e. The molecule has 1 amide bonds. The number of anilines is 1. The average Bonchev–Trinajstić information content (AvgIpc) is 2.85. The van der Waals surface area contributed by atoms with Crippen molar-refractivity contribution in [2.75, 3.05) is 5.32 Å². The first-order valence-corrected chi connectivity index (χ1v) is 5.95. The van der Waals surface area contributed by atoms with Gasteiger partial charge in [0.15, 0.2) is 5.75 Å². The molecule has 9 heteroatoms. The maximum absolute atomic E-state index is 12.3. The van der Waals surface area contributed by atoms with Crippen LogP contribution in [0.1, 0.15) is 10.4 Å². The van der Waals surface area contributed by atoms with E-state index in [0.717, 1.165) is 6.07 Å². The summed E-state index contributed by atoms with van der Waals surface area (Å²) in [6.45, 7) is 0. The number of aromatic nitrogens is 2. The zero-order valence-electron chi connectivity index (χ0n) is 11.2. The minimum Gasteiger partial charge on any atom is -0.404 e. The first kappa shape index (κ1) is 15.5. The molecule has 116 valence electrons. The Kier molecular flexibility index (Phi) is 4.15. The van der Waals surface area contributed by atoms with Gasteiger partial charge in [0.2, 0.25) is 0 Å². The van der Waals surface area contributed by atoms with Crippen molar-refractivity contribution in [1.29, 1.82) is 0 Å². The number of carbonyl (C=O) groups is 2. The van der Waals surface area contributed by atoms with Gasteiger partial charge in [0, 0.05) is 13.2 Å². The molecule has 0 saturated heterocycles. The Morgan fingerprint density at radius 3 is 2.55 bits per heavy atom. The van der Waals surface area contributed by atoms with Gasteiger partial charge in [-0.2, -0.15) is 5.10 Å². The zero-order chi connectivity index (χ0) is 16.3. The van der Waals surface area contributed by atoms with E-state index in [-0.39, 0.29) is 11.3 Å². The summed E-state index contributed by atoms with van der Waals surface area (Å²) in [5, 5.41) is 5.83. The average molecular weight is 313 g/mol. The highest BCUT2D eigenvalue weighted by Gasteiger charge is 2.32. The Balaban J connectivity index is 2.17. The fourth-order valence-corrected chi connectivity index (χ4v) is 1.63. The van der Waals surface area contributed by atoms with Crippen LogP contribution in [0.15, 0.2) is 36.7 Å². The van der Waals surface area contributed by atoms with E-state index in [1.807, 2.05) is 0 Å². The third-order valence-corrected chi connectivity index (χ3v) is 2.53. The molecule has 0 spiro atoms. The molecule has 22 heavy (non-hydrogen) atoms. The van der Waals surface area contributed by atoms with Gasteiger partial charge in [0.05, 0.1) is 17.4 Å². The lowest BCUT2D eigenvalue weighted by Gasteiger charge is -2.13. The van der Waals surface area contributed by atoms with E-state index < -0.39 is 23.8 Å². The fourth-order valence-electron chi connectivity index (χ4n) is 1.63. The normalized spacial score (nSPS) is 11.1. The van der Waals surface area contributed by atoms with Crippen molar-refractivity contribution >= 4 is 17.4 Å². The van der Waals surface area contributed by atoms with Crippen LogP contribution in [0.4, 0.5) is 18.9 Å². The van der Waals surface area contributed by atoms with Crippen LogP contribution >= 0.6 is 0 Å². The highest BCUT2D eigenvalue weighted by Crippen LogP contribution is 2.29. The van der Waals surface area contributed by atoms with Gasteiger partial charge in [-0.1, -0.05) is 12.1 Å². The quantitative estimate of drug-likeness (QED) is 0.693. The Bertz CT molecular complexity index is 710. The lowest BCUT2D eigenvalue weighted by molar-refractivity contribution is -0.274. The number of hydrogen-bond acceptors (Lipinski definition) is 4. The van der Waals surface area contributed by atoms with Gasteiger partial charge in [-0.15, -0.1) is 13.2 Å². The van der Waals surface area contributed by atoms with Gasteiger partial charge >= 0.3 is 6.36 Å². The molecule has 2 rings (SSSR count). The van der Waals surface area contributed by atoms with E-state index >= 15 is 0 Å². The molecule has 0 saturated carbocycles. The van der Waals surface area contributed by atoms with Crippen LogP contribution in [0.3, 0.4) is 0 Å². The highest BCUT2D eigenvalue weighted by atomic mass is 19.4. The van der Waals surface area contributed by atoms with Crippen molar-refractivity contribution in [2.24, 2.45) is 7.05 Å². The van der Waals surface area contributed by atoms with E-state index in [9.17, 15) is 22.8 Å². The van der Waals surface area contributed by atoms with Gasteiger partial charge in [0.1, 0.15) is 0 Å². The van der Waals surface area contributed by atoms with Crippen LogP contribution < -0.4 is 10.1 Å². The Hall–Kier alpha value is -2.84. The summed E-state index contributed by atoms with van der Waals surface area (Å²) in [7, 11) is 1.56. The summed E-state index contributed by atoms with van der Waals surface area (Å²) in [5.41, 5.74) is -0.240. The number of ether oxygens (including phenoxy) is 1. The van der Waals surface area contributed by atoms with Crippen molar-refractivity contribution in [1.82, 2.24) is 9.78 Å². The van der Waals surface area contributed by atoms with Gasteiger partial charge in [-0.25, -0.2) is 0 Å². The number of Topliss-reactive ketones (excluding diaryl/α,β-unsaturated/α-hetero) is 1. The first-order valence-electron chi connectivity index (χ1n) is 5.95. The fraction of sp³-hybridized carbons (Fsp3) is 0.154. The first-order chi connectivity index (χ1) is 10.3. The third kappa shape index (κ3) is 3.84. The Labute approximate surface area is 122 Å². The van der Waals surface area contributed by atoms with E-state index in [4.69, 9.17) is 0 Å². The maximum atomic E-state index is 12.3. The second kappa shape index (κ2) is 5.88. The molecule has 0 bridgehead atoms. The van der Waals surface area contributed by atoms with Crippen LogP contribution in [0.5, 0.6) is 5.75 Å². The molecule has 0 unspecified atom stereocenters. The number of aryl methyl sites for hydroxylation is 1. The van der Waals surface area contributed by atoms with Crippen LogP contribution in [0.25, 0.3) is 0 Å². The van der Waals surface area contributed by atoms with Crippen LogP contribution in [-0.4, -0.2) is 27.8 Å². The van der Waals surface area contributed by atoms with E-state index in [1.54, 1.807) is 7.05 Å². The van der Waals surface area contributed by atoms with E-state index in [1.165, 1.54) is 35.3 Å². The predicted octanol–water partition coefficient (Wildman–Crippen LogP) is 2.14. The van der Waals surface area contributed by atoms with Crippen LogP contribution in [0.2, 0.25) is 0 Å². The van der Waals surface area contributed by atoms with Gasteiger partial charge in [0.25, 0.3) is 11.7 Å². The highest BCUT2D eigenvalue weighted by molar-refractivity contribution is 6.46. The second-order valence-corrected chi connectivity index (χ2v) is 4.23. The molecule has 1 N–H and O–H groups in total. The summed E-state index contributed by atoms with van der Waals surface area (Å²) in [6, 6.07) is 4.92. The van der Waals surface area contributed by atoms with Crippen molar-refractivity contribution in [3.63, 3.8) is 0 Å². The molecular formula is C13H10F3N3O3.